The Balaban J connectivity index is 0. The Morgan fingerprint density at radius 3 is 2.00 bits per heavy atom. The lowest BCUT2D eigenvalue weighted by Crippen LogP contribution is -2.31. The molecule has 0 saturated heterocycles. The van der Waals surface area contributed by atoms with E-state index in [9.17, 15) is 0 Å². The molecule has 0 bridgehead atoms. The van der Waals surface area contributed by atoms with E-state index in [4.69, 9.17) is 10.8 Å². The molecule has 0 saturated carbocycles. The van der Waals surface area contributed by atoms with Gasteiger partial charge >= 0.3 is 0 Å². The minimum Gasteiger partial charge on any atom is -0.392 e. The van der Waals surface area contributed by atoms with Crippen LogP contribution < -0.4 is 5.73 Å². The van der Waals surface area contributed by atoms with E-state index in [-0.39, 0.29) is 19.6 Å². The molecule has 0 fully saturated rings. The third-order valence-corrected chi connectivity index (χ3v) is 1.09. The highest BCUT2D eigenvalue weighted by Crippen LogP contribution is 1.91. The first-order valence-corrected chi connectivity index (χ1v) is 2.62. The van der Waals surface area contributed by atoms with E-state index in [0.29, 0.717) is 0 Å². The van der Waals surface area contributed by atoms with Crippen molar-refractivity contribution in [2.45, 2.75) is 39.8 Å². The molecule has 0 heterocycles. The molecule has 3 N–H and O–H groups in total. The summed E-state index contributed by atoms with van der Waals surface area (Å²) in [5.74, 6) is 0. The van der Waals surface area contributed by atoms with Gasteiger partial charge in [-0.15, -0.1) is 0 Å². The average Bonchev–Trinajstić information content (AvgIpc) is 1.65. The zero-order valence-corrected chi connectivity index (χ0v) is 4.89. The highest BCUT2D eigenvalue weighted by Gasteiger charge is 2.03. The van der Waals surface area contributed by atoms with Crippen molar-refractivity contribution >= 4 is 0 Å². The van der Waals surface area contributed by atoms with Crippen molar-refractivity contribution in [3.8, 4) is 0 Å². The molecule has 0 spiro atoms. The monoisotopic (exact) mass is 119 g/mol. The van der Waals surface area contributed by atoms with Crippen molar-refractivity contribution in [2.75, 3.05) is 0 Å². The van der Waals surface area contributed by atoms with Gasteiger partial charge in [0.15, 0.2) is 0 Å². The summed E-state index contributed by atoms with van der Waals surface area (Å²) >= 11 is 0. The van der Waals surface area contributed by atoms with Crippen LogP contribution in [0, 0.1) is 0 Å². The predicted octanol–water partition coefficient (Wildman–Crippen LogP) is 0.741. The predicted molar refractivity (Wildman–Crippen MR) is 36.7 cm³/mol. The summed E-state index contributed by atoms with van der Waals surface area (Å²) in [4.78, 5) is 0. The van der Waals surface area contributed by atoms with Gasteiger partial charge in [0.25, 0.3) is 0 Å². The molecule has 8 heavy (non-hydrogen) atoms. The van der Waals surface area contributed by atoms with E-state index in [0.717, 1.165) is 6.42 Å². The summed E-state index contributed by atoms with van der Waals surface area (Å²) < 4.78 is 0. The number of hydrogen-bond acceptors (Lipinski definition) is 2. The summed E-state index contributed by atoms with van der Waals surface area (Å²) in [6.45, 7) is 3.66. The van der Waals surface area contributed by atoms with Crippen molar-refractivity contribution in [1.82, 2.24) is 0 Å². The van der Waals surface area contributed by atoms with Gasteiger partial charge in [-0.1, -0.05) is 14.4 Å². The SMILES string of the molecule is C.CCC(N)C(C)O. The molecule has 0 radical (unpaired) electrons. The number of nitrogens with two attached hydrogens (primary N) is 1. The number of aliphatic hydroxyl groups is 1. The van der Waals surface area contributed by atoms with Crippen LogP contribution in [0.2, 0.25) is 0 Å². The largest absolute Gasteiger partial charge is 0.392 e. The Bertz CT molecular complexity index is 45.8. The zero-order chi connectivity index (χ0) is 5.86. The number of rotatable bonds is 2. The second kappa shape index (κ2) is 5.06. The van der Waals surface area contributed by atoms with E-state index in [1.54, 1.807) is 6.92 Å². The summed E-state index contributed by atoms with van der Waals surface area (Å²) in [6, 6.07) is -0.0417. The molecule has 0 aromatic rings. The maximum Gasteiger partial charge on any atom is 0.0662 e. The van der Waals surface area contributed by atoms with Crippen molar-refractivity contribution in [3.63, 3.8) is 0 Å². The average molecular weight is 119 g/mol. The van der Waals surface area contributed by atoms with Gasteiger partial charge in [-0.2, -0.15) is 0 Å². The Morgan fingerprint density at radius 1 is 1.62 bits per heavy atom. The van der Waals surface area contributed by atoms with Crippen LogP contribution >= 0.6 is 0 Å². The van der Waals surface area contributed by atoms with Crippen LogP contribution in [0.25, 0.3) is 0 Å². The third-order valence-electron chi connectivity index (χ3n) is 1.09. The van der Waals surface area contributed by atoms with Crippen LogP contribution in [0.5, 0.6) is 0 Å². The number of aliphatic hydroxyl groups excluding tert-OH is 1. The Morgan fingerprint density at radius 2 is 2.00 bits per heavy atom. The Hall–Kier alpha value is -0.0800. The minimum absolute atomic E-state index is 0. The van der Waals surface area contributed by atoms with E-state index in [1.165, 1.54) is 0 Å². The minimum atomic E-state index is -0.356. The van der Waals surface area contributed by atoms with Crippen molar-refractivity contribution in [3.05, 3.63) is 0 Å². The van der Waals surface area contributed by atoms with Gasteiger partial charge in [0.05, 0.1) is 6.10 Å². The molecular formula is C6H17NO. The molecule has 0 rings (SSSR count). The molecule has 52 valence electrons. The summed E-state index contributed by atoms with van der Waals surface area (Å²) in [5, 5.41) is 8.70. The molecule has 0 aromatic heterocycles. The molecule has 0 aliphatic rings. The molecule has 2 atom stereocenters. The van der Waals surface area contributed by atoms with Gasteiger partial charge in [-0.3, -0.25) is 0 Å². The van der Waals surface area contributed by atoms with Gasteiger partial charge in [-0.05, 0) is 13.3 Å². The first kappa shape index (κ1) is 10.8. The molecule has 0 aliphatic heterocycles. The Labute approximate surface area is 51.7 Å². The second-order valence-electron chi connectivity index (χ2n) is 1.81. The van der Waals surface area contributed by atoms with Gasteiger partial charge in [0.1, 0.15) is 0 Å². The number of hydrogen-bond donors (Lipinski definition) is 2. The topological polar surface area (TPSA) is 46.2 Å². The van der Waals surface area contributed by atoms with Crippen molar-refractivity contribution < 1.29 is 5.11 Å². The van der Waals surface area contributed by atoms with Crippen molar-refractivity contribution in [1.29, 1.82) is 0 Å². The van der Waals surface area contributed by atoms with E-state index in [2.05, 4.69) is 0 Å². The maximum atomic E-state index is 8.70. The summed E-state index contributed by atoms with van der Waals surface area (Å²) in [5.41, 5.74) is 5.37. The van der Waals surface area contributed by atoms with Gasteiger partial charge in [0.2, 0.25) is 0 Å². The quantitative estimate of drug-likeness (QED) is 0.563. The first-order valence-electron chi connectivity index (χ1n) is 2.62. The maximum absolute atomic E-state index is 8.70. The molecule has 2 heteroatoms. The fourth-order valence-electron chi connectivity index (χ4n) is 0.341. The lowest BCUT2D eigenvalue weighted by molar-refractivity contribution is 0.161. The first-order chi connectivity index (χ1) is 3.18. The molecule has 0 aliphatic carbocycles. The van der Waals surface area contributed by atoms with Gasteiger partial charge in [-0.25, -0.2) is 0 Å². The van der Waals surface area contributed by atoms with E-state index in [1.807, 2.05) is 6.92 Å². The van der Waals surface area contributed by atoms with Crippen molar-refractivity contribution in [2.24, 2.45) is 5.73 Å². The van der Waals surface area contributed by atoms with E-state index < -0.39 is 0 Å². The molecule has 0 aromatic carbocycles. The summed E-state index contributed by atoms with van der Waals surface area (Å²) in [6.07, 6.45) is 0.488. The normalized spacial score (nSPS) is 16.5. The second-order valence-corrected chi connectivity index (χ2v) is 1.81. The highest BCUT2D eigenvalue weighted by atomic mass is 16.3. The van der Waals surface area contributed by atoms with Crippen LogP contribution in [0.1, 0.15) is 27.7 Å². The molecule has 2 unspecified atom stereocenters. The molecule has 2 nitrogen and oxygen atoms in total. The van der Waals surface area contributed by atoms with E-state index >= 15 is 0 Å². The third kappa shape index (κ3) is 4.09. The standard InChI is InChI=1S/C5H13NO.CH4/c1-3-5(6)4(2)7;/h4-5,7H,3,6H2,1-2H3;1H4. The summed E-state index contributed by atoms with van der Waals surface area (Å²) in [7, 11) is 0. The molecule has 0 amide bonds. The van der Waals surface area contributed by atoms with Crippen LogP contribution in [0.3, 0.4) is 0 Å². The van der Waals surface area contributed by atoms with Crippen LogP contribution in [0.15, 0.2) is 0 Å². The highest BCUT2D eigenvalue weighted by molar-refractivity contribution is 4.63. The van der Waals surface area contributed by atoms with Crippen LogP contribution in [0.4, 0.5) is 0 Å². The van der Waals surface area contributed by atoms with Crippen LogP contribution in [-0.4, -0.2) is 17.3 Å². The van der Waals surface area contributed by atoms with Gasteiger partial charge < -0.3 is 10.8 Å². The fourth-order valence-corrected chi connectivity index (χ4v) is 0.341. The zero-order valence-electron chi connectivity index (χ0n) is 4.89. The van der Waals surface area contributed by atoms with Crippen LogP contribution in [-0.2, 0) is 0 Å². The lowest BCUT2D eigenvalue weighted by atomic mass is 10.1. The lowest BCUT2D eigenvalue weighted by Gasteiger charge is -2.09. The Kier molecular flexibility index (Phi) is 6.85. The molecular weight excluding hydrogens is 102 g/mol. The fraction of sp³-hybridized carbons (Fsp3) is 1.00. The smallest absolute Gasteiger partial charge is 0.0662 e. The van der Waals surface area contributed by atoms with Gasteiger partial charge in [0, 0.05) is 6.04 Å².